The zero-order chi connectivity index (χ0) is 27.6. The molecule has 0 spiro atoms. The molecule has 1 aromatic carbocycles. The van der Waals surface area contributed by atoms with Crippen LogP contribution in [0.2, 0.25) is 0 Å². The zero-order valence-corrected chi connectivity index (χ0v) is 25.3. The van der Waals surface area contributed by atoms with Crippen LogP contribution in [0.25, 0.3) is 0 Å². The predicted octanol–water partition coefficient (Wildman–Crippen LogP) is 9.17. The maximum Gasteiger partial charge on any atom is 0.311 e. The van der Waals surface area contributed by atoms with Crippen molar-refractivity contribution in [2.45, 2.75) is 127 Å². The lowest BCUT2D eigenvalue weighted by atomic mass is 9.69. The van der Waals surface area contributed by atoms with E-state index >= 15 is 0 Å². The maximum atomic E-state index is 12.7. The van der Waals surface area contributed by atoms with Gasteiger partial charge in [0.05, 0.1) is 18.6 Å². The maximum absolute atomic E-state index is 12.7. The van der Waals surface area contributed by atoms with E-state index in [0.717, 1.165) is 44.3 Å². The van der Waals surface area contributed by atoms with Crippen molar-refractivity contribution in [1.29, 1.82) is 0 Å². The summed E-state index contributed by atoms with van der Waals surface area (Å²) in [5.74, 6) is 1.80. The van der Waals surface area contributed by atoms with Gasteiger partial charge in [0.25, 0.3) is 0 Å². The van der Waals surface area contributed by atoms with E-state index in [9.17, 15) is 4.79 Å². The van der Waals surface area contributed by atoms with E-state index < -0.39 is 5.41 Å². The summed E-state index contributed by atoms with van der Waals surface area (Å²) in [6.45, 7) is 25.3. The van der Waals surface area contributed by atoms with Gasteiger partial charge in [0, 0.05) is 0 Å². The van der Waals surface area contributed by atoms with Gasteiger partial charge in [-0.05, 0) is 86.3 Å². The Morgan fingerprint density at radius 2 is 1.53 bits per heavy atom. The number of rotatable bonds is 15. The molecule has 0 bridgehead atoms. The molecule has 0 saturated carbocycles. The van der Waals surface area contributed by atoms with Crippen molar-refractivity contribution in [3.8, 4) is 5.75 Å². The molecule has 0 aromatic heterocycles. The first-order valence-corrected chi connectivity index (χ1v) is 14.2. The standard InChI is InChI=1S/C32H56O4/c1-12-24(3)19-22-35-29(33)32(11,13-2)20-14-21-34-25(4)36-27-17-15-26(16-18-27)28(31(8,9)10)23-30(5,6)7/h15-18,24-25,28H,12-14,19-23H2,1-11H3. The zero-order valence-electron chi connectivity index (χ0n) is 25.3. The average Bonchev–Trinajstić information content (AvgIpc) is 2.79. The van der Waals surface area contributed by atoms with Crippen molar-refractivity contribution >= 4 is 5.97 Å². The fraction of sp³-hybridized carbons (Fsp3) is 0.781. The molecule has 208 valence electrons. The molecule has 4 unspecified atom stereocenters. The lowest BCUT2D eigenvalue weighted by Crippen LogP contribution is -2.30. The largest absolute Gasteiger partial charge is 0.465 e. The van der Waals surface area contributed by atoms with Gasteiger partial charge in [-0.3, -0.25) is 4.79 Å². The van der Waals surface area contributed by atoms with Crippen LogP contribution in [-0.2, 0) is 14.3 Å². The van der Waals surface area contributed by atoms with Gasteiger partial charge >= 0.3 is 5.97 Å². The minimum absolute atomic E-state index is 0.0855. The number of hydrogen-bond donors (Lipinski definition) is 0. The highest BCUT2D eigenvalue weighted by molar-refractivity contribution is 5.76. The molecule has 0 N–H and O–H groups in total. The summed E-state index contributed by atoms with van der Waals surface area (Å²) in [5, 5.41) is 0. The van der Waals surface area contributed by atoms with E-state index in [1.54, 1.807) is 0 Å². The number of hydrogen-bond acceptors (Lipinski definition) is 4. The Hall–Kier alpha value is -1.55. The summed E-state index contributed by atoms with van der Waals surface area (Å²) in [6, 6.07) is 8.51. The second-order valence-corrected chi connectivity index (χ2v) is 13.3. The molecular weight excluding hydrogens is 448 g/mol. The molecular formula is C32H56O4. The average molecular weight is 505 g/mol. The topological polar surface area (TPSA) is 44.8 Å². The van der Waals surface area contributed by atoms with Crippen LogP contribution in [0.5, 0.6) is 5.75 Å². The first-order valence-electron chi connectivity index (χ1n) is 14.2. The van der Waals surface area contributed by atoms with E-state index in [2.05, 4.69) is 86.6 Å². The summed E-state index contributed by atoms with van der Waals surface area (Å²) in [4.78, 5) is 12.7. The van der Waals surface area contributed by atoms with Gasteiger partial charge in [-0.25, -0.2) is 0 Å². The smallest absolute Gasteiger partial charge is 0.311 e. The van der Waals surface area contributed by atoms with E-state index in [1.807, 2.05) is 13.8 Å². The van der Waals surface area contributed by atoms with Crippen molar-refractivity contribution in [3.63, 3.8) is 0 Å². The van der Waals surface area contributed by atoms with Gasteiger partial charge in [0.2, 0.25) is 0 Å². The Balaban J connectivity index is 2.54. The summed E-state index contributed by atoms with van der Waals surface area (Å²) in [7, 11) is 0. The second kappa shape index (κ2) is 14.4. The molecule has 0 fully saturated rings. The highest BCUT2D eigenvalue weighted by atomic mass is 16.7. The van der Waals surface area contributed by atoms with Crippen LogP contribution in [0.3, 0.4) is 0 Å². The van der Waals surface area contributed by atoms with Gasteiger partial charge in [0.15, 0.2) is 6.29 Å². The first kappa shape index (κ1) is 32.5. The van der Waals surface area contributed by atoms with E-state index in [0.29, 0.717) is 25.0 Å². The lowest BCUT2D eigenvalue weighted by Gasteiger charge is -2.36. The highest BCUT2D eigenvalue weighted by Crippen LogP contribution is 2.43. The van der Waals surface area contributed by atoms with Gasteiger partial charge in [-0.2, -0.15) is 0 Å². The fourth-order valence-electron chi connectivity index (χ4n) is 4.41. The SMILES string of the molecule is CCC(C)CCOC(=O)C(C)(CC)CCCOC(C)Oc1ccc(C(CC(C)(C)C)C(C)(C)C)cc1. The molecule has 0 aliphatic carbocycles. The fourth-order valence-corrected chi connectivity index (χ4v) is 4.41. The molecule has 1 rings (SSSR count). The molecule has 0 saturated heterocycles. The summed E-state index contributed by atoms with van der Waals surface area (Å²) in [5.41, 5.74) is 1.36. The summed E-state index contributed by atoms with van der Waals surface area (Å²) >= 11 is 0. The normalized spacial score (nSPS) is 16.6. The number of carbonyl (C=O) groups excluding carboxylic acids is 1. The first-order chi connectivity index (χ1) is 16.6. The number of carbonyl (C=O) groups is 1. The Kier molecular flexibility index (Phi) is 13.0. The van der Waals surface area contributed by atoms with Gasteiger partial charge in [0.1, 0.15) is 5.75 Å². The number of ether oxygens (including phenoxy) is 3. The number of esters is 1. The Labute approximate surface area is 222 Å². The highest BCUT2D eigenvalue weighted by Gasteiger charge is 2.33. The molecule has 4 atom stereocenters. The molecule has 4 heteroatoms. The molecule has 36 heavy (non-hydrogen) atoms. The van der Waals surface area contributed by atoms with E-state index in [1.165, 1.54) is 5.56 Å². The van der Waals surface area contributed by atoms with Crippen molar-refractivity contribution in [2.24, 2.45) is 22.2 Å². The lowest BCUT2D eigenvalue weighted by molar-refractivity contribution is -0.156. The van der Waals surface area contributed by atoms with Gasteiger partial charge in [-0.15, -0.1) is 0 Å². The molecule has 0 radical (unpaired) electrons. The molecule has 0 amide bonds. The van der Waals surface area contributed by atoms with Crippen molar-refractivity contribution < 1.29 is 19.0 Å². The minimum atomic E-state index is -0.463. The Morgan fingerprint density at radius 1 is 0.917 bits per heavy atom. The van der Waals surface area contributed by atoms with Crippen LogP contribution in [0, 0.1) is 22.2 Å². The molecule has 0 heterocycles. The quantitative estimate of drug-likeness (QED) is 0.136. The van der Waals surface area contributed by atoms with Crippen molar-refractivity contribution in [3.05, 3.63) is 29.8 Å². The predicted molar refractivity (Wildman–Crippen MR) is 151 cm³/mol. The van der Waals surface area contributed by atoms with Gasteiger partial charge < -0.3 is 14.2 Å². The Bertz CT molecular complexity index is 756. The minimum Gasteiger partial charge on any atom is -0.465 e. The van der Waals surface area contributed by atoms with E-state index in [4.69, 9.17) is 14.2 Å². The molecule has 0 aliphatic heterocycles. The number of benzene rings is 1. The van der Waals surface area contributed by atoms with Crippen molar-refractivity contribution in [2.75, 3.05) is 13.2 Å². The monoisotopic (exact) mass is 504 g/mol. The second-order valence-electron chi connectivity index (χ2n) is 13.3. The van der Waals surface area contributed by atoms with Crippen molar-refractivity contribution in [1.82, 2.24) is 0 Å². The van der Waals surface area contributed by atoms with Crippen LogP contribution in [0.15, 0.2) is 24.3 Å². The van der Waals surface area contributed by atoms with Gasteiger partial charge in [-0.1, -0.05) is 80.9 Å². The molecule has 0 aliphatic rings. The third-order valence-corrected chi connectivity index (χ3v) is 7.49. The van der Waals surface area contributed by atoms with Crippen LogP contribution in [0.4, 0.5) is 0 Å². The summed E-state index contributed by atoms with van der Waals surface area (Å²) in [6.07, 6.45) is 5.12. The molecule has 1 aromatic rings. The van der Waals surface area contributed by atoms with Crippen LogP contribution < -0.4 is 4.74 Å². The van der Waals surface area contributed by atoms with Crippen LogP contribution in [-0.4, -0.2) is 25.5 Å². The van der Waals surface area contributed by atoms with Crippen LogP contribution >= 0.6 is 0 Å². The molecule has 4 nitrogen and oxygen atoms in total. The Morgan fingerprint density at radius 3 is 2.03 bits per heavy atom. The third kappa shape index (κ3) is 11.7. The third-order valence-electron chi connectivity index (χ3n) is 7.49. The summed E-state index contributed by atoms with van der Waals surface area (Å²) < 4.78 is 17.5. The van der Waals surface area contributed by atoms with Crippen LogP contribution in [0.1, 0.15) is 126 Å². The van der Waals surface area contributed by atoms with E-state index in [-0.39, 0.29) is 23.1 Å².